The van der Waals surface area contributed by atoms with Crippen molar-refractivity contribution in [3.63, 3.8) is 0 Å². The van der Waals surface area contributed by atoms with Gasteiger partial charge in [0.05, 0.1) is 43.2 Å². The Hall–Kier alpha value is -0.720. The van der Waals surface area contributed by atoms with Gasteiger partial charge in [0.15, 0.2) is 6.29 Å². The minimum Gasteiger partial charge on any atom is -0.369 e. The Bertz CT molecular complexity index is 467. The summed E-state index contributed by atoms with van der Waals surface area (Å²) in [5.74, 6) is 0. The molecule has 0 saturated carbocycles. The van der Waals surface area contributed by atoms with E-state index < -0.39 is 0 Å². The summed E-state index contributed by atoms with van der Waals surface area (Å²) in [7, 11) is 0. The Labute approximate surface area is 138 Å². The van der Waals surface area contributed by atoms with Crippen LogP contribution in [0.5, 0.6) is 0 Å². The van der Waals surface area contributed by atoms with E-state index in [-0.39, 0.29) is 29.6 Å². The molecule has 0 unspecified atom stereocenters. The van der Waals surface area contributed by atoms with Gasteiger partial charge in [-0.3, -0.25) is 0 Å². The standard InChI is InChI=1S/C18H29NO4/c1-13(5-7-16-20-9-14(19)10-21-16)4-6-15-8-18(12-22-18)11-17(2,3)23-15/h4-6,14-16H,7-12,19H2,1-3H3/b6-4+,13-5+/t14-,15-,16+,18-/m1/s1. The lowest BCUT2D eigenvalue weighted by Gasteiger charge is -2.38. The van der Waals surface area contributed by atoms with Gasteiger partial charge in [-0.2, -0.15) is 0 Å². The minimum atomic E-state index is -0.175. The smallest absolute Gasteiger partial charge is 0.161 e. The van der Waals surface area contributed by atoms with Gasteiger partial charge in [0.25, 0.3) is 0 Å². The average molecular weight is 323 g/mol. The molecule has 0 radical (unpaired) electrons. The van der Waals surface area contributed by atoms with Crippen LogP contribution in [-0.4, -0.2) is 49.5 Å². The first-order valence-corrected chi connectivity index (χ1v) is 8.51. The van der Waals surface area contributed by atoms with E-state index in [0.717, 1.165) is 25.9 Å². The highest BCUT2D eigenvalue weighted by Crippen LogP contribution is 2.46. The number of ether oxygens (including phenoxy) is 4. The molecule has 0 amide bonds. The second kappa shape index (κ2) is 6.65. The van der Waals surface area contributed by atoms with Crippen molar-refractivity contribution < 1.29 is 18.9 Å². The van der Waals surface area contributed by atoms with Crippen molar-refractivity contribution in [1.82, 2.24) is 0 Å². The maximum Gasteiger partial charge on any atom is 0.161 e. The van der Waals surface area contributed by atoms with Crippen LogP contribution in [0.4, 0.5) is 0 Å². The normalized spacial score (nSPS) is 40.7. The van der Waals surface area contributed by atoms with Crippen LogP contribution in [0.15, 0.2) is 23.8 Å². The molecule has 5 nitrogen and oxygen atoms in total. The molecule has 2 N–H and O–H groups in total. The lowest BCUT2D eigenvalue weighted by atomic mass is 9.85. The second-order valence-corrected chi connectivity index (χ2v) is 7.67. The molecular weight excluding hydrogens is 294 g/mol. The van der Waals surface area contributed by atoms with E-state index in [9.17, 15) is 0 Å². The molecule has 3 rings (SSSR count). The Morgan fingerprint density at radius 2 is 1.96 bits per heavy atom. The topological polar surface area (TPSA) is 66.2 Å². The minimum absolute atomic E-state index is 0.00000863. The van der Waals surface area contributed by atoms with E-state index in [1.54, 1.807) is 0 Å². The summed E-state index contributed by atoms with van der Waals surface area (Å²) in [6.07, 6.45) is 9.02. The van der Waals surface area contributed by atoms with Gasteiger partial charge in [-0.1, -0.05) is 23.8 Å². The van der Waals surface area contributed by atoms with Crippen molar-refractivity contribution in [3.05, 3.63) is 23.8 Å². The predicted octanol–water partition coefficient (Wildman–Crippen LogP) is 2.31. The van der Waals surface area contributed by atoms with Gasteiger partial charge in [0, 0.05) is 19.3 Å². The zero-order valence-electron chi connectivity index (χ0n) is 14.4. The summed E-state index contributed by atoms with van der Waals surface area (Å²) in [6.45, 7) is 8.38. The SMILES string of the molecule is CC(/C=C/[C@@H]1C[C@]2(CO2)CC(C)(C)O1)=C\C[C@H]1OC[C@@H](N)CO1. The third-order valence-corrected chi connectivity index (χ3v) is 4.54. The number of rotatable bonds is 4. The molecule has 3 aliphatic heterocycles. The van der Waals surface area contributed by atoms with Crippen LogP contribution >= 0.6 is 0 Å². The van der Waals surface area contributed by atoms with Crippen LogP contribution < -0.4 is 5.73 Å². The number of allylic oxidation sites excluding steroid dienone is 2. The maximum absolute atomic E-state index is 6.15. The highest BCUT2D eigenvalue weighted by molar-refractivity contribution is 5.19. The van der Waals surface area contributed by atoms with E-state index in [2.05, 4.69) is 39.0 Å². The molecule has 0 aromatic carbocycles. The molecule has 0 aromatic rings. The lowest BCUT2D eigenvalue weighted by Crippen LogP contribution is -2.43. The fourth-order valence-electron chi connectivity index (χ4n) is 3.44. The van der Waals surface area contributed by atoms with Gasteiger partial charge in [-0.15, -0.1) is 0 Å². The molecular formula is C18H29NO4. The molecule has 3 aliphatic rings. The van der Waals surface area contributed by atoms with Gasteiger partial charge in [0.1, 0.15) is 0 Å². The number of hydrogen-bond donors (Lipinski definition) is 1. The first kappa shape index (κ1) is 17.1. The van der Waals surface area contributed by atoms with Crippen LogP contribution in [-0.2, 0) is 18.9 Å². The first-order valence-electron chi connectivity index (χ1n) is 8.51. The molecule has 0 bridgehead atoms. The zero-order chi connectivity index (χ0) is 16.5. The highest BCUT2D eigenvalue weighted by atomic mass is 16.7. The first-order chi connectivity index (χ1) is 10.9. The Morgan fingerprint density at radius 3 is 2.61 bits per heavy atom. The Morgan fingerprint density at radius 1 is 1.26 bits per heavy atom. The summed E-state index contributed by atoms with van der Waals surface area (Å²) in [5, 5.41) is 0. The molecule has 0 aliphatic carbocycles. The quantitative estimate of drug-likeness (QED) is 0.635. The van der Waals surface area contributed by atoms with Gasteiger partial charge in [-0.25, -0.2) is 0 Å². The fraction of sp³-hybridized carbons (Fsp3) is 0.778. The average Bonchev–Trinajstić information content (AvgIpc) is 3.21. The molecule has 23 heavy (non-hydrogen) atoms. The second-order valence-electron chi connectivity index (χ2n) is 7.67. The van der Waals surface area contributed by atoms with E-state index in [1.807, 2.05) is 0 Å². The van der Waals surface area contributed by atoms with Crippen molar-refractivity contribution in [2.75, 3.05) is 19.8 Å². The third-order valence-electron chi connectivity index (χ3n) is 4.54. The van der Waals surface area contributed by atoms with Crippen LogP contribution in [0.1, 0.15) is 40.0 Å². The third kappa shape index (κ3) is 4.88. The van der Waals surface area contributed by atoms with Crippen LogP contribution in [0.3, 0.4) is 0 Å². The summed E-state index contributed by atoms with van der Waals surface area (Å²) < 4.78 is 22.9. The molecule has 130 valence electrons. The summed E-state index contributed by atoms with van der Waals surface area (Å²) in [5.41, 5.74) is 6.86. The van der Waals surface area contributed by atoms with Crippen LogP contribution in [0, 0.1) is 0 Å². The summed E-state index contributed by atoms with van der Waals surface area (Å²) in [6, 6.07) is -0.00000863. The van der Waals surface area contributed by atoms with Crippen molar-refractivity contribution in [1.29, 1.82) is 0 Å². The molecule has 3 saturated heterocycles. The number of hydrogen-bond acceptors (Lipinski definition) is 5. The molecule has 3 heterocycles. The Kier molecular flexibility index (Phi) is 4.95. The summed E-state index contributed by atoms with van der Waals surface area (Å²) >= 11 is 0. The summed E-state index contributed by atoms with van der Waals surface area (Å²) in [4.78, 5) is 0. The van der Waals surface area contributed by atoms with E-state index in [4.69, 9.17) is 24.7 Å². The number of epoxide rings is 1. The van der Waals surface area contributed by atoms with Crippen molar-refractivity contribution in [2.24, 2.45) is 5.73 Å². The molecule has 5 heteroatoms. The fourth-order valence-corrected chi connectivity index (χ4v) is 3.44. The molecule has 3 fully saturated rings. The van der Waals surface area contributed by atoms with Crippen molar-refractivity contribution in [2.45, 2.75) is 69.7 Å². The van der Waals surface area contributed by atoms with Crippen molar-refractivity contribution >= 4 is 0 Å². The van der Waals surface area contributed by atoms with Gasteiger partial charge >= 0.3 is 0 Å². The highest BCUT2D eigenvalue weighted by Gasteiger charge is 2.53. The predicted molar refractivity (Wildman–Crippen MR) is 88.1 cm³/mol. The number of nitrogens with two attached hydrogens (primary N) is 1. The molecule has 2 atom stereocenters. The van der Waals surface area contributed by atoms with Gasteiger partial charge in [0.2, 0.25) is 0 Å². The lowest BCUT2D eigenvalue weighted by molar-refractivity contribution is -0.182. The maximum atomic E-state index is 6.15. The van der Waals surface area contributed by atoms with E-state index >= 15 is 0 Å². The van der Waals surface area contributed by atoms with E-state index in [0.29, 0.717) is 13.2 Å². The van der Waals surface area contributed by atoms with E-state index in [1.165, 1.54) is 5.57 Å². The largest absolute Gasteiger partial charge is 0.369 e. The Balaban J connectivity index is 1.49. The monoisotopic (exact) mass is 323 g/mol. The van der Waals surface area contributed by atoms with Gasteiger partial charge < -0.3 is 24.7 Å². The zero-order valence-corrected chi connectivity index (χ0v) is 14.4. The van der Waals surface area contributed by atoms with Gasteiger partial charge in [-0.05, 0) is 20.8 Å². The molecule has 0 aromatic heterocycles. The molecule has 1 spiro atoms. The van der Waals surface area contributed by atoms with Crippen molar-refractivity contribution in [3.8, 4) is 0 Å². The van der Waals surface area contributed by atoms with Crippen LogP contribution in [0.25, 0.3) is 0 Å². The van der Waals surface area contributed by atoms with Crippen LogP contribution in [0.2, 0.25) is 0 Å².